The molecule has 1 spiro atoms. The summed E-state index contributed by atoms with van der Waals surface area (Å²) in [5.74, 6) is 1.34. The van der Waals surface area contributed by atoms with Crippen LogP contribution in [0.3, 0.4) is 0 Å². The molecular weight excluding hydrogens is 230 g/mol. The highest BCUT2D eigenvalue weighted by Crippen LogP contribution is 2.43. The molecular formula is C13H21N3O2. The molecule has 0 radical (unpaired) electrons. The minimum Gasteiger partial charge on any atom is -0.370 e. The van der Waals surface area contributed by atoms with Crippen molar-refractivity contribution in [1.82, 2.24) is 15.5 Å². The van der Waals surface area contributed by atoms with E-state index in [0.29, 0.717) is 18.5 Å². The highest BCUT2D eigenvalue weighted by Gasteiger charge is 2.41. The topological polar surface area (TPSA) is 60.2 Å². The summed E-state index contributed by atoms with van der Waals surface area (Å²) in [5.41, 5.74) is 0.231. The average Bonchev–Trinajstić information content (AvgIpc) is 3.05. The Balaban J connectivity index is 1.42. The van der Waals surface area contributed by atoms with Crippen LogP contribution in [-0.2, 0) is 11.3 Å². The largest absolute Gasteiger partial charge is 0.370 e. The van der Waals surface area contributed by atoms with Crippen molar-refractivity contribution >= 4 is 0 Å². The van der Waals surface area contributed by atoms with Gasteiger partial charge in [-0.15, -0.1) is 0 Å². The van der Waals surface area contributed by atoms with Gasteiger partial charge in [0.05, 0.1) is 18.2 Å². The minimum atomic E-state index is 0.231. The molecule has 3 rings (SSSR count). The molecule has 2 fully saturated rings. The molecule has 0 bridgehead atoms. The number of aryl methyl sites for hydroxylation is 1. The average molecular weight is 251 g/mol. The second kappa shape index (κ2) is 4.97. The lowest BCUT2D eigenvalue weighted by Gasteiger charge is -2.23. The van der Waals surface area contributed by atoms with E-state index in [2.05, 4.69) is 15.5 Å². The van der Waals surface area contributed by atoms with Crippen LogP contribution in [-0.4, -0.2) is 28.4 Å². The van der Waals surface area contributed by atoms with E-state index in [9.17, 15) is 0 Å². The maximum atomic E-state index is 6.23. The molecule has 1 aromatic rings. The third-order valence-corrected chi connectivity index (χ3v) is 4.08. The van der Waals surface area contributed by atoms with Crippen molar-refractivity contribution in [3.63, 3.8) is 0 Å². The molecule has 1 N–H and O–H groups in total. The van der Waals surface area contributed by atoms with E-state index in [4.69, 9.17) is 9.26 Å². The maximum absolute atomic E-state index is 6.23. The van der Waals surface area contributed by atoms with Gasteiger partial charge in [-0.1, -0.05) is 18.0 Å². The van der Waals surface area contributed by atoms with Crippen LogP contribution in [0, 0.1) is 6.92 Å². The van der Waals surface area contributed by atoms with Crippen LogP contribution in [0.4, 0.5) is 0 Å². The predicted molar refractivity (Wildman–Crippen MR) is 66.0 cm³/mol. The van der Waals surface area contributed by atoms with Crippen molar-refractivity contribution < 1.29 is 9.26 Å². The van der Waals surface area contributed by atoms with Crippen LogP contribution in [0.1, 0.15) is 50.2 Å². The first-order valence-corrected chi connectivity index (χ1v) is 6.94. The van der Waals surface area contributed by atoms with E-state index >= 15 is 0 Å². The van der Waals surface area contributed by atoms with Crippen LogP contribution in [0.5, 0.6) is 0 Å². The number of ether oxygens (including phenoxy) is 1. The molecule has 2 aliphatic rings. The van der Waals surface area contributed by atoms with Crippen molar-refractivity contribution in [3.05, 3.63) is 11.7 Å². The van der Waals surface area contributed by atoms with Crippen molar-refractivity contribution in [1.29, 1.82) is 0 Å². The Morgan fingerprint density at radius 3 is 2.89 bits per heavy atom. The van der Waals surface area contributed by atoms with E-state index in [-0.39, 0.29) is 5.60 Å². The van der Waals surface area contributed by atoms with Crippen LogP contribution < -0.4 is 5.32 Å². The van der Waals surface area contributed by atoms with Crippen molar-refractivity contribution in [2.75, 3.05) is 6.54 Å². The lowest BCUT2D eigenvalue weighted by atomic mass is 9.98. The fourth-order valence-corrected chi connectivity index (χ4v) is 3.18. The Labute approximate surface area is 107 Å². The fraction of sp³-hybridized carbons (Fsp3) is 0.846. The van der Waals surface area contributed by atoms with Gasteiger partial charge in [-0.2, -0.15) is 4.98 Å². The molecule has 18 heavy (non-hydrogen) atoms. The zero-order chi connectivity index (χ0) is 12.4. The lowest BCUT2D eigenvalue weighted by molar-refractivity contribution is -0.0352. The van der Waals surface area contributed by atoms with Crippen LogP contribution in [0.2, 0.25) is 0 Å². The third kappa shape index (κ3) is 2.57. The molecule has 1 aromatic heterocycles. The van der Waals surface area contributed by atoms with Gasteiger partial charge >= 0.3 is 0 Å². The molecule has 100 valence electrons. The minimum absolute atomic E-state index is 0.231. The molecule has 1 aliphatic heterocycles. The smallest absolute Gasteiger partial charge is 0.223 e. The predicted octanol–water partition coefficient (Wildman–Crippen LogP) is 1.96. The molecule has 5 nitrogen and oxygen atoms in total. The second-order valence-corrected chi connectivity index (χ2v) is 5.53. The van der Waals surface area contributed by atoms with Crippen LogP contribution in [0.15, 0.2) is 4.52 Å². The van der Waals surface area contributed by atoms with Gasteiger partial charge < -0.3 is 14.6 Å². The summed E-state index contributed by atoms with van der Waals surface area (Å²) in [6, 6.07) is 0. The van der Waals surface area contributed by atoms with Gasteiger partial charge in [-0.25, -0.2) is 0 Å². The Morgan fingerprint density at radius 1 is 1.33 bits per heavy atom. The summed E-state index contributed by atoms with van der Waals surface area (Å²) in [6.45, 7) is 3.35. The van der Waals surface area contributed by atoms with Gasteiger partial charge in [0.2, 0.25) is 5.89 Å². The van der Waals surface area contributed by atoms with E-state index in [1.54, 1.807) is 6.92 Å². The summed E-state index contributed by atoms with van der Waals surface area (Å²) in [7, 11) is 0. The molecule has 1 aliphatic carbocycles. The van der Waals surface area contributed by atoms with E-state index < -0.39 is 0 Å². The summed E-state index contributed by atoms with van der Waals surface area (Å²) in [6.07, 6.45) is 7.96. The Bertz CT molecular complexity index is 399. The van der Waals surface area contributed by atoms with Crippen molar-refractivity contribution in [3.8, 4) is 0 Å². The highest BCUT2D eigenvalue weighted by molar-refractivity contribution is 4.93. The van der Waals surface area contributed by atoms with E-state index in [1.807, 2.05) is 0 Å². The van der Waals surface area contributed by atoms with Gasteiger partial charge in [0.15, 0.2) is 5.82 Å². The van der Waals surface area contributed by atoms with E-state index in [0.717, 1.165) is 12.4 Å². The molecule has 0 amide bonds. The third-order valence-electron chi connectivity index (χ3n) is 4.08. The van der Waals surface area contributed by atoms with Gasteiger partial charge in [0.1, 0.15) is 0 Å². The Hall–Kier alpha value is -0.940. The van der Waals surface area contributed by atoms with Crippen molar-refractivity contribution in [2.24, 2.45) is 0 Å². The number of aromatic nitrogens is 2. The molecule has 1 unspecified atom stereocenters. The van der Waals surface area contributed by atoms with Gasteiger partial charge in [0, 0.05) is 13.5 Å². The zero-order valence-electron chi connectivity index (χ0n) is 10.9. The van der Waals surface area contributed by atoms with Gasteiger partial charge in [-0.05, 0) is 25.7 Å². The molecule has 1 saturated carbocycles. The number of nitrogens with zero attached hydrogens (tertiary/aromatic N) is 2. The van der Waals surface area contributed by atoms with Gasteiger partial charge in [-0.3, -0.25) is 0 Å². The summed E-state index contributed by atoms with van der Waals surface area (Å²) < 4.78 is 11.2. The van der Waals surface area contributed by atoms with Gasteiger partial charge in [0.25, 0.3) is 0 Å². The summed E-state index contributed by atoms with van der Waals surface area (Å²) >= 11 is 0. The number of hydrogen-bond acceptors (Lipinski definition) is 5. The Morgan fingerprint density at radius 2 is 2.17 bits per heavy atom. The second-order valence-electron chi connectivity index (χ2n) is 5.53. The molecule has 5 heteroatoms. The van der Waals surface area contributed by atoms with Crippen LogP contribution >= 0.6 is 0 Å². The normalized spacial score (nSPS) is 26.2. The highest BCUT2D eigenvalue weighted by atomic mass is 16.5. The lowest BCUT2D eigenvalue weighted by Crippen LogP contribution is -2.31. The maximum Gasteiger partial charge on any atom is 0.223 e. The first kappa shape index (κ1) is 12.1. The molecule has 1 saturated heterocycles. The molecule has 1 atom stereocenters. The number of nitrogens with one attached hydrogen (secondary N) is 1. The molecule has 0 aromatic carbocycles. The monoisotopic (exact) mass is 251 g/mol. The summed E-state index contributed by atoms with van der Waals surface area (Å²) in [4.78, 5) is 4.16. The first-order valence-electron chi connectivity index (χ1n) is 6.94. The SMILES string of the molecule is Cc1nc(CNCC2CCC3(CCCC3)O2)no1. The molecule has 2 heterocycles. The first-order chi connectivity index (χ1) is 8.76. The number of rotatable bonds is 4. The Kier molecular flexibility index (Phi) is 3.35. The zero-order valence-corrected chi connectivity index (χ0v) is 10.9. The summed E-state index contributed by atoms with van der Waals surface area (Å²) in [5, 5.41) is 7.21. The van der Waals surface area contributed by atoms with Crippen molar-refractivity contribution in [2.45, 2.75) is 63.7 Å². The van der Waals surface area contributed by atoms with Crippen LogP contribution in [0.25, 0.3) is 0 Å². The standard InChI is InChI=1S/C13H21N3O2/c1-10-15-12(16-18-10)9-14-8-11-4-7-13(17-11)5-2-3-6-13/h11,14H,2-9H2,1H3. The fourth-order valence-electron chi connectivity index (χ4n) is 3.18. The number of hydrogen-bond donors (Lipinski definition) is 1. The van der Waals surface area contributed by atoms with E-state index in [1.165, 1.54) is 38.5 Å². The quantitative estimate of drug-likeness (QED) is 0.886.